The Bertz CT molecular complexity index is 838. The van der Waals surface area contributed by atoms with Gasteiger partial charge in [-0.15, -0.1) is 0 Å². The van der Waals surface area contributed by atoms with Crippen LogP contribution in [-0.2, 0) is 6.54 Å². The zero-order valence-electron chi connectivity index (χ0n) is 12.8. The van der Waals surface area contributed by atoms with Crippen molar-refractivity contribution < 1.29 is 9.53 Å². The molecule has 0 aliphatic rings. The summed E-state index contributed by atoms with van der Waals surface area (Å²) in [5.41, 5.74) is 1.46. The van der Waals surface area contributed by atoms with E-state index < -0.39 is 0 Å². The van der Waals surface area contributed by atoms with Gasteiger partial charge in [0.2, 0.25) is 0 Å². The summed E-state index contributed by atoms with van der Waals surface area (Å²) in [5, 5.41) is 3.41. The SMILES string of the molecule is O=C(NCc1cccc(Oc2ccccc2Cl)c1)c1cccnc1. The van der Waals surface area contributed by atoms with Gasteiger partial charge in [-0.1, -0.05) is 35.9 Å². The van der Waals surface area contributed by atoms with Crippen molar-refractivity contribution >= 4 is 17.5 Å². The lowest BCUT2D eigenvalue weighted by Gasteiger charge is -2.10. The average Bonchev–Trinajstić information content (AvgIpc) is 2.63. The van der Waals surface area contributed by atoms with E-state index in [9.17, 15) is 4.79 Å². The summed E-state index contributed by atoms with van der Waals surface area (Å²) < 4.78 is 5.79. The predicted octanol–water partition coefficient (Wildman–Crippen LogP) is 4.46. The van der Waals surface area contributed by atoms with E-state index in [4.69, 9.17) is 16.3 Å². The van der Waals surface area contributed by atoms with Gasteiger partial charge in [-0.3, -0.25) is 9.78 Å². The quantitative estimate of drug-likeness (QED) is 0.747. The van der Waals surface area contributed by atoms with Crippen LogP contribution in [0.4, 0.5) is 0 Å². The van der Waals surface area contributed by atoms with Crippen molar-refractivity contribution in [1.82, 2.24) is 10.3 Å². The second kappa shape index (κ2) is 7.62. The molecule has 0 radical (unpaired) electrons. The van der Waals surface area contributed by atoms with Crippen LogP contribution in [0.1, 0.15) is 15.9 Å². The van der Waals surface area contributed by atoms with Crippen LogP contribution in [0, 0.1) is 0 Å². The smallest absolute Gasteiger partial charge is 0.253 e. The normalized spacial score (nSPS) is 10.2. The molecule has 0 saturated carbocycles. The Morgan fingerprint density at radius 1 is 1.08 bits per heavy atom. The average molecular weight is 339 g/mol. The van der Waals surface area contributed by atoms with Crippen molar-refractivity contribution in [2.45, 2.75) is 6.54 Å². The number of carbonyl (C=O) groups is 1. The number of pyridine rings is 1. The highest BCUT2D eigenvalue weighted by Gasteiger charge is 2.06. The lowest BCUT2D eigenvalue weighted by atomic mass is 10.2. The number of aromatic nitrogens is 1. The lowest BCUT2D eigenvalue weighted by molar-refractivity contribution is 0.0950. The number of halogens is 1. The molecule has 120 valence electrons. The van der Waals surface area contributed by atoms with Gasteiger partial charge in [0, 0.05) is 18.9 Å². The first-order chi connectivity index (χ1) is 11.7. The van der Waals surface area contributed by atoms with Gasteiger partial charge >= 0.3 is 0 Å². The molecule has 0 aliphatic heterocycles. The maximum atomic E-state index is 12.0. The third-order valence-electron chi connectivity index (χ3n) is 3.34. The fourth-order valence-corrected chi connectivity index (χ4v) is 2.33. The molecular weight excluding hydrogens is 324 g/mol. The van der Waals surface area contributed by atoms with Gasteiger partial charge in [-0.2, -0.15) is 0 Å². The van der Waals surface area contributed by atoms with Crippen LogP contribution < -0.4 is 10.1 Å². The third kappa shape index (κ3) is 4.12. The van der Waals surface area contributed by atoms with Gasteiger partial charge in [0.25, 0.3) is 5.91 Å². The summed E-state index contributed by atoms with van der Waals surface area (Å²) in [6.07, 6.45) is 3.17. The Labute approximate surface area is 145 Å². The number of rotatable bonds is 5. The summed E-state index contributed by atoms with van der Waals surface area (Å²) in [6, 6.07) is 18.2. The largest absolute Gasteiger partial charge is 0.456 e. The van der Waals surface area contributed by atoms with Gasteiger partial charge in [-0.05, 0) is 42.0 Å². The van der Waals surface area contributed by atoms with Crippen LogP contribution in [0.3, 0.4) is 0 Å². The van der Waals surface area contributed by atoms with E-state index in [0.717, 1.165) is 5.56 Å². The van der Waals surface area contributed by atoms with Crippen LogP contribution in [-0.4, -0.2) is 10.9 Å². The van der Waals surface area contributed by atoms with Crippen LogP contribution in [0.25, 0.3) is 0 Å². The minimum Gasteiger partial charge on any atom is -0.456 e. The first-order valence-corrected chi connectivity index (χ1v) is 7.80. The van der Waals surface area contributed by atoms with E-state index in [-0.39, 0.29) is 5.91 Å². The second-order valence-electron chi connectivity index (χ2n) is 5.10. The summed E-state index contributed by atoms with van der Waals surface area (Å²) in [4.78, 5) is 16.0. The monoisotopic (exact) mass is 338 g/mol. The number of nitrogens with one attached hydrogen (secondary N) is 1. The molecule has 4 nitrogen and oxygen atoms in total. The van der Waals surface area contributed by atoms with E-state index in [1.54, 1.807) is 30.5 Å². The van der Waals surface area contributed by atoms with Crippen LogP contribution in [0.15, 0.2) is 73.1 Å². The number of benzene rings is 2. The zero-order chi connectivity index (χ0) is 16.8. The molecule has 3 rings (SSSR count). The molecule has 5 heteroatoms. The molecule has 24 heavy (non-hydrogen) atoms. The Morgan fingerprint density at radius 2 is 1.96 bits per heavy atom. The molecule has 0 aliphatic carbocycles. The van der Waals surface area contributed by atoms with Crippen molar-refractivity contribution in [2.75, 3.05) is 0 Å². The molecule has 0 unspecified atom stereocenters. The first-order valence-electron chi connectivity index (χ1n) is 7.42. The molecule has 3 aromatic rings. The molecule has 0 saturated heterocycles. The van der Waals surface area contributed by atoms with Crippen molar-refractivity contribution in [3.8, 4) is 11.5 Å². The molecule has 0 bridgehead atoms. The van der Waals surface area contributed by atoms with Crippen molar-refractivity contribution in [2.24, 2.45) is 0 Å². The highest BCUT2D eigenvalue weighted by Crippen LogP contribution is 2.29. The molecule has 0 atom stereocenters. The van der Waals surface area contributed by atoms with E-state index in [0.29, 0.717) is 28.6 Å². The number of carbonyl (C=O) groups excluding carboxylic acids is 1. The number of nitrogens with zero attached hydrogens (tertiary/aromatic N) is 1. The Kier molecular flexibility index (Phi) is 5.08. The van der Waals surface area contributed by atoms with Gasteiger partial charge in [0.1, 0.15) is 11.5 Å². The summed E-state index contributed by atoms with van der Waals surface area (Å²) in [5.74, 6) is 1.09. The maximum absolute atomic E-state index is 12.0. The minimum atomic E-state index is -0.166. The summed E-state index contributed by atoms with van der Waals surface area (Å²) >= 11 is 6.10. The third-order valence-corrected chi connectivity index (χ3v) is 3.65. The van der Waals surface area contributed by atoms with Gasteiger partial charge < -0.3 is 10.1 Å². The molecular formula is C19H15ClN2O2. The van der Waals surface area contributed by atoms with Crippen LogP contribution in [0.5, 0.6) is 11.5 Å². The number of hydrogen-bond donors (Lipinski definition) is 1. The van der Waals surface area contributed by atoms with Crippen LogP contribution in [0.2, 0.25) is 5.02 Å². The molecule has 1 amide bonds. The first kappa shape index (κ1) is 16.0. The standard InChI is InChI=1S/C19H15ClN2O2/c20-17-8-1-2-9-18(17)24-16-7-3-5-14(11-16)12-22-19(23)15-6-4-10-21-13-15/h1-11,13H,12H2,(H,22,23). The number of para-hydroxylation sites is 1. The fourth-order valence-electron chi connectivity index (χ4n) is 2.15. The fraction of sp³-hybridized carbons (Fsp3) is 0.0526. The maximum Gasteiger partial charge on any atom is 0.253 e. The van der Waals surface area contributed by atoms with Crippen molar-refractivity contribution in [3.63, 3.8) is 0 Å². The summed E-state index contributed by atoms with van der Waals surface area (Å²) in [6.45, 7) is 0.396. The Balaban J connectivity index is 1.65. The van der Waals surface area contributed by atoms with Gasteiger partial charge in [0.15, 0.2) is 0 Å². The van der Waals surface area contributed by atoms with E-state index >= 15 is 0 Å². The lowest BCUT2D eigenvalue weighted by Crippen LogP contribution is -2.22. The molecule has 1 N–H and O–H groups in total. The van der Waals surface area contributed by atoms with E-state index in [1.807, 2.05) is 36.4 Å². The Hall–Kier alpha value is -2.85. The highest BCUT2D eigenvalue weighted by atomic mass is 35.5. The molecule has 1 aromatic heterocycles. The molecule has 1 heterocycles. The predicted molar refractivity (Wildman–Crippen MR) is 93.4 cm³/mol. The zero-order valence-corrected chi connectivity index (χ0v) is 13.5. The Morgan fingerprint density at radius 3 is 2.75 bits per heavy atom. The van der Waals surface area contributed by atoms with Crippen molar-refractivity contribution in [3.05, 3.63) is 89.2 Å². The summed E-state index contributed by atoms with van der Waals surface area (Å²) in [7, 11) is 0. The van der Waals surface area contributed by atoms with Gasteiger partial charge in [-0.25, -0.2) is 0 Å². The topological polar surface area (TPSA) is 51.2 Å². The number of hydrogen-bond acceptors (Lipinski definition) is 3. The van der Waals surface area contributed by atoms with E-state index in [2.05, 4.69) is 10.3 Å². The van der Waals surface area contributed by atoms with Crippen molar-refractivity contribution in [1.29, 1.82) is 0 Å². The minimum absolute atomic E-state index is 0.166. The molecule has 2 aromatic carbocycles. The number of ether oxygens (including phenoxy) is 1. The molecule has 0 fully saturated rings. The van der Waals surface area contributed by atoms with E-state index in [1.165, 1.54) is 6.20 Å². The second-order valence-corrected chi connectivity index (χ2v) is 5.51. The number of amides is 1. The molecule has 0 spiro atoms. The van der Waals surface area contributed by atoms with Crippen LogP contribution >= 0.6 is 11.6 Å². The van der Waals surface area contributed by atoms with Gasteiger partial charge in [0.05, 0.1) is 10.6 Å². The highest BCUT2D eigenvalue weighted by molar-refractivity contribution is 6.32.